The second-order valence-electron chi connectivity index (χ2n) is 10.1. The van der Waals surface area contributed by atoms with Gasteiger partial charge in [0.15, 0.2) is 0 Å². The molecule has 1 aromatic rings. The summed E-state index contributed by atoms with van der Waals surface area (Å²) in [7, 11) is 0. The predicted octanol–water partition coefficient (Wildman–Crippen LogP) is 3.91. The fourth-order valence-electron chi connectivity index (χ4n) is 6.89. The Morgan fingerprint density at radius 2 is 1.87 bits per heavy atom. The highest BCUT2D eigenvalue weighted by molar-refractivity contribution is 5.70. The van der Waals surface area contributed by atoms with E-state index in [9.17, 15) is 14.7 Å². The van der Waals surface area contributed by atoms with Crippen molar-refractivity contribution in [3.8, 4) is 0 Å². The molecule has 1 heterocycles. The highest BCUT2D eigenvalue weighted by Crippen LogP contribution is 2.67. The number of rotatable bonds is 2. The van der Waals surface area contributed by atoms with Gasteiger partial charge in [-0.2, -0.15) is 0 Å². The molecule has 6 nitrogen and oxygen atoms in total. The zero-order valence-electron chi connectivity index (χ0n) is 18.5. The molecule has 0 aliphatic heterocycles. The van der Waals surface area contributed by atoms with Gasteiger partial charge in [0.25, 0.3) is 0 Å². The summed E-state index contributed by atoms with van der Waals surface area (Å²) < 4.78 is 17.3. The summed E-state index contributed by atoms with van der Waals surface area (Å²) in [5.74, 6) is 0.0435. The van der Waals surface area contributed by atoms with Crippen LogP contribution in [0.5, 0.6) is 0 Å². The van der Waals surface area contributed by atoms with Crippen LogP contribution in [0.4, 0.5) is 0 Å². The van der Waals surface area contributed by atoms with Gasteiger partial charge in [-0.3, -0.25) is 9.59 Å². The van der Waals surface area contributed by atoms with Crippen LogP contribution in [0.25, 0.3) is 5.57 Å². The van der Waals surface area contributed by atoms with Gasteiger partial charge in [-0.05, 0) is 48.2 Å². The number of aliphatic hydroxyl groups is 1. The Labute approximate surface area is 177 Å². The van der Waals surface area contributed by atoms with E-state index in [-0.39, 0.29) is 11.8 Å². The fourth-order valence-corrected chi connectivity index (χ4v) is 6.89. The van der Waals surface area contributed by atoms with Crippen molar-refractivity contribution in [1.82, 2.24) is 0 Å². The van der Waals surface area contributed by atoms with Gasteiger partial charge in [0.1, 0.15) is 18.0 Å². The zero-order chi connectivity index (χ0) is 22.1. The van der Waals surface area contributed by atoms with Crippen LogP contribution in [0.2, 0.25) is 0 Å². The first kappa shape index (κ1) is 21.2. The first-order valence-electron chi connectivity index (χ1n) is 10.7. The quantitative estimate of drug-likeness (QED) is 0.736. The SMILES string of the molecule is C=C1c2ccoc2CC2C1CCC1(O)C(C)(C)CC(OC(C)=O)C(OC(C)=O)C21C. The van der Waals surface area contributed by atoms with Gasteiger partial charge >= 0.3 is 11.9 Å². The van der Waals surface area contributed by atoms with Gasteiger partial charge in [0, 0.05) is 31.2 Å². The van der Waals surface area contributed by atoms with Crippen LogP contribution in [0.3, 0.4) is 0 Å². The lowest BCUT2D eigenvalue weighted by molar-refractivity contribution is -0.299. The molecule has 2 saturated carbocycles. The van der Waals surface area contributed by atoms with E-state index in [2.05, 4.69) is 6.58 Å². The molecule has 4 rings (SSSR count). The summed E-state index contributed by atoms with van der Waals surface area (Å²) in [6.07, 6.45) is 2.69. The second-order valence-corrected chi connectivity index (χ2v) is 10.1. The minimum absolute atomic E-state index is 0.0654. The molecule has 0 amide bonds. The lowest BCUT2D eigenvalue weighted by Crippen LogP contribution is -2.74. The third-order valence-corrected chi connectivity index (χ3v) is 8.28. The summed E-state index contributed by atoms with van der Waals surface area (Å²) in [5.41, 5.74) is -0.457. The maximum Gasteiger partial charge on any atom is 0.303 e. The highest BCUT2D eigenvalue weighted by atomic mass is 16.6. The molecule has 6 heteroatoms. The number of carbonyl (C=O) groups is 2. The molecule has 0 bridgehead atoms. The number of hydrogen-bond acceptors (Lipinski definition) is 6. The van der Waals surface area contributed by atoms with E-state index in [0.717, 1.165) is 23.3 Å². The summed E-state index contributed by atoms with van der Waals surface area (Å²) in [4.78, 5) is 24.0. The van der Waals surface area contributed by atoms with Crippen molar-refractivity contribution in [2.75, 3.05) is 0 Å². The predicted molar refractivity (Wildman–Crippen MR) is 110 cm³/mol. The highest BCUT2D eigenvalue weighted by Gasteiger charge is 2.72. The van der Waals surface area contributed by atoms with Crippen molar-refractivity contribution in [3.63, 3.8) is 0 Å². The third kappa shape index (κ3) is 2.72. The van der Waals surface area contributed by atoms with Crippen LogP contribution in [0.15, 0.2) is 23.3 Å². The van der Waals surface area contributed by atoms with Crippen LogP contribution < -0.4 is 0 Å². The summed E-state index contributed by atoms with van der Waals surface area (Å²) in [6.45, 7) is 13.1. The molecule has 0 radical (unpaired) electrons. The molecule has 2 fully saturated rings. The Balaban J connectivity index is 1.89. The minimum Gasteiger partial charge on any atom is -0.469 e. The molecule has 1 aromatic heterocycles. The monoisotopic (exact) mass is 416 g/mol. The van der Waals surface area contributed by atoms with Crippen molar-refractivity contribution in [3.05, 3.63) is 30.2 Å². The molecular weight excluding hydrogens is 384 g/mol. The molecule has 6 atom stereocenters. The van der Waals surface area contributed by atoms with Crippen LogP contribution in [0.1, 0.15) is 65.2 Å². The van der Waals surface area contributed by atoms with E-state index in [4.69, 9.17) is 13.9 Å². The summed E-state index contributed by atoms with van der Waals surface area (Å²) in [5, 5.41) is 12.2. The number of allylic oxidation sites excluding steroid dienone is 1. The Kier molecular flexibility index (Phi) is 4.73. The minimum atomic E-state index is -1.11. The molecule has 3 aliphatic carbocycles. The summed E-state index contributed by atoms with van der Waals surface area (Å²) >= 11 is 0. The Bertz CT molecular complexity index is 897. The van der Waals surface area contributed by atoms with E-state index < -0.39 is 40.6 Å². The molecule has 0 saturated heterocycles. The number of ether oxygens (including phenoxy) is 2. The van der Waals surface area contributed by atoms with Crippen molar-refractivity contribution in [2.24, 2.45) is 22.7 Å². The first-order valence-corrected chi connectivity index (χ1v) is 10.7. The maximum atomic E-state index is 12.2. The van der Waals surface area contributed by atoms with Gasteiger partial charge in [-0.25, -0.2) is 0 Å². The van der Waals surface area contributed by atoms with E-state index >= 15 is 0 Å². The van der Waals surface area contributed by atoms with Crippen molar-refractivity contribution in [1.29, 1.82) is 0 Å². The fraction of sp³-hybridized carbons (Fsp3) is 0.667. The molecule has 6 unspecified atom stereocenters. The Morgan fingerprint density at radius 3 is 2.50 bits per heavy atom. The van der Waals surface area contributed by atoms with Crippen LogP contribution in [-0.4, -0.2) is 34.9 Å². The standard InChI is InChI=1S/C24H32O6/c1-13-16-7-9-24(27)22(4,5)12-20(29-14(2)25)21(30-15(3)26)23(24,6)18(16)11-19-17(13)8-10-28-19/h8,10,16,18,20-21,27H,1,7,9,11-12H2,2-6H3. The Morgan fingerprint density at radius 1 is 1.20 bits per heavy atom. The summed E-state index contributed by atoms with van der Waals surface area (Å²) in [6, 6.07) is 1.95. The molecule has 30 heavy (non-hydrogen) atoms. The van der Waals surface area contributed by atoms with Crippen LogP contribution in [0, 0.1) is 22.7 Å². The normalized spacial score (nSPS) is 39.3. The molecule has 3 aliphatic rings. The lowest BCUT2D eigenvalue weighted by Gasteiger charge is -2.68. The third-order valence-electron chi connectivity index (χ3n) is 8.28. The number of esters is 2. The molecular formula is C24H32O6. The zero-order valence-corrected chi connectivity index (χ0v) is 18.5. The average molecular weight is 417 g/mol. The smallest absolute Gasteiger partial charge is 0.303 e. The van der Waals surface area contributed by atoms with Crippen molar-refractivity contribution in [2.45, 2.75) is 78.1 Å². The van der Waals surface area contributed by atoms with Crippen LogP contribution >= 0.6 is 0 Å². The van der Waals surface area contributed by atoms with Gasteiger partial charge in [0.2, 0.25) is 0 Å². The number of hydrogen-bond donors (Lipinski definition) is 1. The molecule has 164 valence electrons. The lowest BCUT2D eigenvalue weighted by atomic mass is 9.40. The first-order chi connectivity index (χ1) is 13.9. The topological polar surface area (TPSA) is 86.0 Å². The number of fused-ring (bicyclic) bond motifs is 4. The van der Waals surface area contributed by atoms with Crippen LogP contribution in [-0.2, 0) is 25.5 Å². The molecule has 1 N–H and O–H groups in total. The Hall–Kier alpha value is -2.08. The van der Waals surface area contributed by atoms with Crippen molar-refractivity contribution < 1.29 is 28.6 Å². The van der Waals surface area contributed by atoms with E-state index in [1.54, 1.807) is 6.26 Å². The molecule has 0 spiro atoms. The van der Waals surface area contributed by atoms with Gasteiger partial charge in [0.05, 0.1) is 11.9 Å². The molecule has 0 aromatic carbocycles. The number of furan rings is 1. The second kappa shape index (κ2) is 6.71. The van der Waals surface area contributed by atoms with Gasteiger partial charge in [-0.1, -0.05) is 27.4 Å². The van der Waals surface area contributed by atoms with E-state index in [0.29, 0.717) is 19.3 Å². The average Bonchev–Trinajstić information content (AvgIpc) is 3.10. The van der Waals surface area contributed by atoms with Crippen molar-refractivity contribution >= 4 is 17.5 Å². The van der Waals surface area contributed by atoms with E-state index in [1.165, 1.54) is 13.8 Å². The largest absolute Gasteiger partial charge is 0.469 e. The van der Waals surface area contributed by atoms with Gasteiger partial charge in [-0.15, -0.1) is 0 Å². The van der Waals surface area contributed by atoms with E-state index in [1.807, 2.05) is 26.8 Å². The van der Waals surface area contributed by atoms with Gasteiger partial charge < -0.3 is 19.0 Å². The maximum absolute atomic E-state index is 12.2. The number of carbonyl (C=O) groups excluding carboxylic acids is 2.